The second-order valence-electron chi connectivity index (χ2n) is 6.38. The fourth-order valence-corrected chi connectivity index (χ4v) is 2.75. The first-order valence-corrected chi connectivity index (χ1v) is 8.68. The van der Waals surface area contributed by atoms with Gasteiger partial charge in [0.1, 0.15) is 13.2 Å². The predicted molar refractivity (Wildman–Crippen MR) is 94.3 cm³/mol. The molecule has 1 aromatic rings. The Hall–Kier alpha value is -2.70. The molecule has 1 aliphatic heterocycles. The maximum atomic E-state index is 11.8. The van der Waals surface area contributed by atoms with Crippen LogP contribution >= 0.6 is 0 Å². The van der Waals surface area contributed by atoms with Gasteiger partial charge in [0, 0.05) is 12.1 Å². The Balaban J connectivity index is 1.53. The van der Waals surface area contributed by atoms with Crippen LogP contribution in [0.15, 0.2) is 18.2 Å². The van der Waals surface area contributed by atoms with E-state index >= 15 is 0 Å². The minimum Gasteiger partial charge on any atom is -0.493 e. The molecule has 0 bridgehead atoms. The van der Waals surface area contributed by atoms with E-state index in [0.29, 0.717) is 41.9 Å². The van der Waals surface area contributed by atoms with Crippen LogP contribution in [0, 0.1) is 5.92 Å². The van der Waals surface area contributed by atoms with Gasteiger partial charge in [-0.1, -0.05) is 0 Å². The molecule has 7 nitrogen and oxygen atoms in total. The third kappa shape index (κ3) is 4.68. The SMILES string of the molecule is COc1cc(/C=C/C(=O)OCC(=O)N[C@H](C)C2CC2)cc2c1OCCO2. The maximum absolute atomic E-state index is 11.8. The highest BCUT2D eigenvalue weighted by molar-refractivity contribution is 5.89. The van der Waals surface area contributed by atoms with Gasteiger partial charge in [0.25, 0.3) is 5.91 Å². The average molecular weight is 361 g/mol. The van der Waals surface area contributed by atoms with E-state index in [4.69, 9.17) is 18.9 Å². The third-order valence-corrected chi connectivity index (χ3v) is 4.33. The van der Waals surface area contributed by atoms with E-state index in [1.165, 1.54) is 13.2 Å². The standard InChI is InChI=1S/C19H23NO6/c1-12(14-4-5-14)20-17(21)11-26-18(22)6-3-13-9-15(23-2)19-16(10-13)24-7-8-25-19/h3,6,9-10,12,14H,4-5,7-8,11H2,1-2H3,(H,20,21)/b6-3+/t12-/m1/s1. The van der Waals surface area contributed by atoms with Gasteiger partial charge in [0.2, 0.25) is 5.75 Å². The highest BCUT2D eigenvalue weighted by atomic mass is 16.6. The Morgan fingerprint density at radius 3 is 2.81 bits per heavy atom. The number of hydrogen-bond acceptors (Lipinski definition) is 6. The van der Waals surface area contributed by atoms with Crippen LogP contribution in [0.1, 0.15) is 25.3 Å². The molecule has 26 heavy (non-hydrogen) atoms. The van der Waals surface area contributed by atoms with E-state index < -0.39 is 5.97 Å². The first kappa shape index (κ1) is 18.1. The lowest BCUT2D eigenvalue weighted by molar-refractivity contribution is -0.144. The smallest absolute Gasteiger partial charge is 0.331 e. The third-order valence-electron chi connectivity index (χ3n) is 4.33. The highest BCUT2D eigenvalue weighted by Crippen LogP contribution is 2.40. The molecule has 1 saturated carbocycles. The van der Waals surface area contributed by atoms with E-state index in [1.54, 1.807) is 18.2 Å². The first-order chi connectivity index (χ1) is 12.6. The molecule has 140 valence electrons. The molecule has 1 heterocycles. The van der Waals surface area contributed by atoms with Crippen LogP contribution in [0.3, 0.4) is 0 Å². The normalized spacial score (nSPS) is 16.8. The second-order valence-corrected chi connectivity index (χ2v) is 6.38. The number of ether oxygens (including phenoxy) is 4. The van der Waals surface area contributed by atoms with Crippen molar-refractivity contribution in [2.24, 2.45) is 5.92 Å². The van der Waals surface area contributed by atoms with Crippen LogP contribution in [0.2, 0.25) is 0 Å². The number of nitrogens with one attached hydrogen (secondary N) is 1. The van der Waals surface area contributed by atoms with Gasteiger partial charge in [-0.05, 0) is 49.5 Å². The number of hydrogen-bond donors (Lipinski definition) is 1. The van der Waals surface area contributed by atoms with Gasteiger partial charge in [-0.25, -0.2) is 4.79 Å². The van der Waals surface area contributed by atoms with Gasteiger partial charge < -0.3 is 24.3 Å². The number of methoxy groups -OCH3 is 1. The quantitative estimate of drug-likeness (QED) is 0.590. The van der Waals surface area contributed by atoms with Crippen molar-refractivity contribution in [2.75, 3.05) is 26.9 Å². The van der Waals surface area contributed by atoms with Crippen molar-refractivity contribution in [2.45, 2.75) is 25.8 Å². The number of amides is 1. The molecule has 1 aromatic carbocycles. The lowest BCUT2D eigenvalue weighted by atomic mass is 10.1. The van der Waals surface area contributed by atoms with Gasteiger partial charge >= 0.3 is 5.97 Å². The molecule has 1 fully saturated rings. The minimum absolute atomic E-state index is 0.127. The molecular weight excluding hydrogens is 338 g/mol. The molecule has 0 unspecified atom stereocenters. The number of fused-ring (bicyclic) bond motifs is 1. The summed E-state index contributed by atoms with van der Waals surface area (Å²) in [6.45, 7) is 2.60. The van der Waals surface area contributed by atoms with Crippen LogP contribution in [-0.4, -0.2) is 44.8 Å². The van der Waals surface area contributed by atoms with Crippen LogP contribution in [0.25, 0.3) is 6.08 Å². The molecule has 0 radical (unpaired) electrons. The predicted octanol–water partition coefficient (Wildman–Crippen LogP) is 1.94. The average Bonchev–Trinajstić information content (AvgIpc) is 3.49. The Morgan fingerprint density at radius 2 is 2.08 bits per heavy atom. The molecule has 1 N–H and O–H groups in total. The molecule has 0 aromatic heterocycles. The van der Waals surface area contributed by atoms with E-state index in [2.05, 4.69) is 5.32 Å². The summed E-state index contributed by atoms with van der Waals surface area (Å²) in [5.74, 6) is 1.33. The first-order valence-electron chi connectivity index (χ1n) is 8.68. The zero-order chi connectivity index (χ0) is 18.5. The Labute approximate surface area is 152 Å². The van der Waals surface area contributed by atoms with Crippen molar-refractivity contribution in [1.29, 1.82) is 0 Å². The van der Waals surface area contributed by atoms with E-state index in [1.807, 2.05) is 6.92 Å². The minimum atomic E-state index is -0.590. The van der Waals surface area contributed by atoms with Crippen molar-refractivity contribution in [3.63, 3.8) is 0 Å². The summed E-state index contributed by atoms with van der Waals surface area (Å²) in [4.78, 5) is 23.6. The monoisotopic (exact) mass is 361 g/mol. The van der Waals surface area contributed by atoms with Gasteiger partial charge in [0.05, 0.1) is 7.11 Å². The zero-order valence-electron chi connectivity index (χ0n) is 14.9. The van der Waals surface area contributed by atoms with Crippen molar-refractivity contribution >= 4 is 18.0 Å². The molecule has 3 rings (SSSR count). The summed E-state index contributed by atoms with van der Waals surface area (Å²) in [7, 11) is 1.54. The molecule has 1 aliphatic carbocycles. The molecule has 0 spiro atoms. The van der Waals surface area contributed by atoms with Crippen molar-refractivity contribution < 1.29 is 28.5 Å². The lowest BCUT2D eigenvalue weighted by Gasteiger charge is -2.20. The number of carbonyl (C=O) groups is 2. The number of carbonyl (C=O) groups excluding carboxylic acids is 2. The molecule has 1 amide bonds. The Morgan fingerprint density at radius 1 is 1.31 bits per heavy atom. The highest BCUT2D eigenvalue weighted by Gasteiger charge is 2.28. The van der Waals surface area contributed by atoms with Crippen LogP contribution in [-0.2, 0) is 14.3 Å². The molecule has 1 atom stereocenters. The largest absolute Gasteiger partial charge is 0.493 e. The van der Waals surface area contributed by atoms with Gasteiger partial charge in [-0.3, -0.25) is 4.79 Å². The topological polar surface area (TPSA) is 83.1 Å². The summed E-state index contributed by atoms with van der Waals surface area (Å²) in [5, 5.41) is 2.83. The fourth-order valence-electron chi connectivity index (χ4n) is 2.75. The maximum Gasteiger partial charge on any atom is 0.331 e. The van der Waals surface area contributed by atoms with Gasteiger partial charge in [-0.15, -0.1) is 0 Å². The Bertz CT molecular complexity index is 693. The molecular formula is C19H23NO6. The fraction of sp³-hybridized carbons (Fsp3) is 0.474. The number of esters is 1. The summed E-state index contributed by atoms with van der Waals surface area (Å²) < 4.78 is 21.3. The lowest BCUT2D eigenvalue weighted by Crippen LogP contribution is -2.36. The summed E-state index contributed by atoms with van der Waals surface area (Å²) in [6, 6.07) is 3.62. The van der Waals surface area contributed by atoms with Gasteiger partial charge in [-0.2, -0.15) is 0 Å². The molecule has 2 aliphatic rings. The van der Waals surface area contributed by atoms with Crippen molar-refractivity contribution in [1.82, 2.24) is 5.32 Å². The number of rotatable bonds is 7. The van der Waals surface area contributed by atoms with Gasteiger partial charge in [0.15, 0.2) is 18.1 Å². The van der Waals surface area contributed by atoms with Crippen molar-refractivity contribution in [3.05, 3.63) is 23.8 Å². The van der Waals surface area contributed by atoms with E-state index in [0.717, 1.165) is 12.8 Å². The Kier molecular flexibility index (Phi) is 5.65. The summed E-state index contributed by atoms with van der Waals surface area (Å²) in [6.07, 6.45) is 5.13. The zero-order valence-corrected chi connectivity index (χ0v) is 14.9. The number of benzene rings is 1. The summed E-state index contributed by atoms with van der Waals surface area (Å²) in [5.41, 5.74) is 0.704. The second kappa shape index (κ2) is 8.12. The van der Waals surface area contributed by atoms with Crippen LogP contribution in [0.5, 0.6) is 17.2 Å². The van der Waals surface area contributed by atoms with E-state index in [9.17, 15) is 9.59 Å². The molecule has 0 saturated heterocycles. The summed E-state index contributed by atoms with van der Waals surface area (Å²) >= 11 is 0. The van der Waals surface area contributed by atoms with E-state index in [-0.39, 0.29) is 18.6 Å². The van der Waals surface area contributed by atoms with Crippen LogP contribution in [0.4, 0.5) is 0 Å². The molecule has 7 heteroatoms. The van der Waals surface area contributed by atoms with Crippen molar-refractivity contribution in [3.8, 4) is 17.2 Å². The van der Waals surface area contributed by atoms with Crippen LogP contribution < -0.4 is 19.5 Å².